The zero-order valence-electron chi connectivity index (χ0n) is 13.8. The Morgan fingerprint density at radius 2 is 1.67 bits per heavy atom. The van der Waals surface area contributed by atoms with Crippen LogP contribution in [0.3, 0.4) is 0 Å². The Hall–Kier alpha value is -2.14. The van der Waals surface area contributed by atoms with Gasteiger partial charge < -0.3 is 9.64 Å². The van der Waals surface area contributed by atoms with E-state index >= 15 is 0 Å². The van der Waals surface area contributed by atoms with Crippen molar-refractivity contribution in [2.45, 2.75) is 18.7 Å². The van der Waals surface area contributed by atoms with Gasteiger partial charge in [0.2, 0.25) is 0 Å². The van der Waals surface area contributed by atoms with E-state index in [1.807, 2.05) is 6.07 Å². The molecule has 1 aliphatic rings. The fraction of sp³-hybridized carbons (Fsp3) is 0.316. The van der Waals surface area contributed by atoms with Gasteiger partial charge >= 0.3 is 5.97 Å². The summed E-state index contributed by atoms with van der Waals surface area (Å²) in [5.74, 6) is -1.54. The molecular weight excluding hydrogens is 304 g/mol. The van der Waals surface area contributed by atoms with E-state index in [1.165, 1.54) is 50.2 Å². The third-order valence-corrected chi connectivity index (χ3v) is 3.77. The highest BCUT2D eigenvalue weighted by atomic mass is 19.1. The van der Waals surface area contributed by atoms with Crippen LogP contribution in [-0.4, -0.2) is 38.9 Å². The number of carbonyl (C=O) groups excluding carboxylic acids is 1. The normalized spacial score (nSPS) is 15.2. The number of benzene rings is 2. The summed E-state index contributed by atoms with van der Waals surface area (Å²) in [7, 11) is 7.94. The lowest BCUT2D eigenvalue weighted by molar-refractivity contribution is -0.134. The van der Waals surface area contributed by atoms with Crippen molar-refractivity contribution in [3.63, 3.8) is 0 Å². The highest BCUT2D eigenvalue weighted by Gasteiger charge is 2.16. The number of ether oxygens (including phenoxy) is 1. The molecule has 3 nitrogen and oxygen atoms in total. The molecule has 0 amide bonds. The summed E-state index contributed by atoms with van der Waals surface area (Å²) in [5.41, 5.74) is 0.671. The lowest BCUT2D eigenvalue weighted by Gasteiger charge is -2.11. The zero-order valence-corrected chi connectivity index (χ0v) is 13.8. The van der Waals surface area contributed by atoms with Gasteiger partial charge in [-0.15, -0.1) is 0 Å². The van der Waals surface area contributed by atoms with Crippen LogP contribution in [0.15, 0.2) is 54.6 Å². The van der Waals surface area contributed by atoms with Gasteiger partial charge in [0.05, 0.1) is 7.85 Å². The van der Waals surface area contributed by atoms with E-state index in [0.29, 0.717) is 5.56 Å². The maximum Gasteiger partial charge on any atom is 0.309 e. The quantitative estimate of drug-likeness (QED) is 0.492. The number of hydrogen-bond acceptors (Lipinski definition) is 3. The van der Waals surface area contributed by atoms with Crippen LogP contribution in [-0.2, 0) is 4.79 Å². The predicted molar refractivity (Wildman–Crippen MR) is 93.7 cm³/mol. The summed E-state index contributed by atoms with van der Waals surface area (Å²) in [6.07, 6.45) is 2.83. The fourth-order valence-electron chi connectivity index (χ4n) is 2.35. The van der Waals surface area contributed by atoms with Crippen LogP contribution in [0.5, 0.6) is 5.75 Å². The lowest BCUT2D eigenvalue weighted by atomic mass is 9.81. The van der Waals surface area contributed by atoms with E-state index < -0.39 is 11.8 Å². The second-order valence-corrected chi connectivity index (χ2v) is 5.77. The number of hydrogen-bond donors (Lipinski definition) is 0. The minimum atomic E-state index is -0.851. The van der Waals surface area contributed by atoms with Crippen molar-refractivity contribution >= 4 is 13.8 Å². The van der Waals surface area contributed by atoms with Crippen molar-refractivity contribution in [3.05, 3.63) is 66.0 Å². The molecule has 2 aromatic carbocycles. The predicted octanol–water partition coefficient (Wildman–Crippen LogP) is 3.35. The molecule has 2 radical (unpaired) electrons. The average Bonchev–Trinajstić information content (AvgIpc) is 3.08. The molecular formula is C19H21BFNO2. The molecule has 0 N–H and O–H groups in total. The summed E-state index contributed by atoms with van der Waals surface area (Å²) in [6, 6.07) is 14.1. The number of esters is 1. The van der Waals surface area contributed by atoms with E-state index in [9.17, 15) is 9.18 Å². The van der Waals surface area contributed by atoms with Crippen molar-refractivity contribution < 1.29 is 13.9 Å². The van der Waals surface area contributed by atoms with Crippen LogP contribution < -0.4 is 4.74 Å². The molecule has 1 fully saturated rings. The zero-order chi connectivity index (χ0) is 17.4. The Kier molecular flexibility index (Phi) is 7.00. The molecule has 0 spiro atoms. The van der Waals surface area contributed by atoms with Crippen molar-refractivity contribution in [2.24, 2.45) is 0 Å². The summed E-state index contributed by atoms with van der Waals surface area (Å²) in [4.78, 5) is 14.1. The smallest absolute Gasteiger partial charge is 0.309 e. The van der Waals surface area contributed by atoms with E-state index in [4.69, 9.17) is 12.6 Å². The van der Waals surface area contributed by atoms with Crippen molar-refractivity contribution in [3.8, 4) is 5.75 Å². The second-order valence-electron chi connectivity index (χ2n) is 5.77. The van der Waals surface area contributed by atoms with Crippen molar-refractivity contribution in [2.75, 3.05) is 20.1 Å². The highest BCUT2D eigenvalue weighted by Crippen LogP contribution is 2.17. The van der Waals surface area contributed by atoms with Gasteiger partial charge in [0.15, 0.2) is 0 Å². The molecule has 2 aromatic rings. The van der Waals surface area contributed by atoms with Crippen LogP contribution in [0.2, 0.25) is 0 Å². The fourth-order valence-corrected chi connectivity index (χ4v) is 2.35. The molecule has 1 atom stereocenters. The summed E-state index contributed by atoms with van der Waals surface area (Å²) in [5, 5.41) is 0. The van der Waals surface area contributed by atoms with Gasteiger partial charge in [-0.25, -0.2) is 4.39 Å². The van der Waals surface area contributed by atoms with E-state index in [-0.39, 0.29) is 11.6 Å². The monoisotopic (exact) mass is 325 g/mol. The summed E-state index contributed by atoms with van der Waals surface area (Å²) < 4.78 is 17.7. The molecule has 3 rings (SSSR count). The Labute approximate surface area is 143 Å². The summed E-state index contributed by atoms with van der Waals surface area (Å²) in [6.45, 7) is 2.64. The maximum absolute atomic E-state index is 12.7. The summed E-state index contributed by atoms with van der Waals surface area (Å²) >= 11 is 0. The molecule has 0 bridgehead atoms. The lowest BCUT2D eigenvalue weighted by Crippen LogP contribution is -2.18. The van der Waals surface area contributed by atoms with Crippen molar-refractivity contribution in [1.29, 1.82) is 0 Å². The van der Waals surface area contributed by atoms with Gasteiger partial charge in [-0.1, -0.05) is 30.3 Å². The number of nitrogens with zero attached hydrogens (tertiary/aromatic N) is 1. The molecule has 0 saturated carbocycles. The third-order valence-electron chi connectivity index (χ3n) is 3.77. The van der Waals surface area contributed by atoms with Crippen LogP contribution >= 0.6 is 0 Å². The molecule has 5 heteroatoms. The average molecular weight is 325 g/mol. The van der Waals surface area contributed by atoms with Crippen LogP contribution in [0, 0.1) is 5.82 Å². The maximum atomic E-state index is 12.7. The van der Waals surface area contributed by atoms with Gasteiger partial charge in [-0.2, -0.15) is 0 Å². The first-order valence-electron chi connectivity index (χ1n) is 8.02. The number of rotatable bonds is 3. The molecule has 0 aromatic heterocycles. The number of halogens is 1. The topological polar surface area (TPSA) is 29.5 Å². The Morgan fingerprint density at radius 1 is 1.08 bits per heavy atom. The molecule has 0 unspecified atom stereocenters. The van der Waals surface area contributed by atoms with Crippen LogP contribution in [0.25, 0.3) is 0 Å². The highest BCUT2D eigenvalue weighted by molar-refractivity contribution is 6.23. The Bertz CT molecular complexity index is 628. The second kappa shape index (κ2) is 9.23. The van der Waals surface area contributed by atoms with Gasteiger partial charge in [0.25, 0.3) is 0 Å². The molecule has 1 heterocycles. The first-order chi connectivity index (χ1) is 11.6. The number of likely N-dealkylation sites (tertiary alicyclic amines) is 1. The molecule has 0 aliphatic carbocycles. The van der Waals surface area contributed by atoms with Gasteiger partial charge in [-0.3, -0.25) is 4.79 Å². The van der Waals surface area contributed by atoms with Crippen LogP contribution in [0.4, 0.5) is 4.39 Å². The minimum absolute atomic E-state index is 0.271. The largest absolute Gasteiger partial charge is 0.427 e. The van der Waals surface area contributed by atoms with Gasteiger partial charge in [-0.05, 0) is 62.8 Å². The molecule has 1 aliphatic heterocycles. The molecule has 1 saturated heterocycles. The minimum Gasteiger partial charge on any atom is -0.427 e. The number of carbonyl (C=O) groups is 1. The Morgan fingerprint density at radius 3 is 2.17 bits per heavy atom. The first-order valence-corrected chi connectivity index (χ1v) is 8.02. The van der Waals surface area contributed by atoms with Gasteiger partial charge in [0, 0.05) is 5.82 Å². The third kappa shape index (κ3) is 5.82. The standard InChI is InChI=1S/C14H10BFO2.C5H11N/c15-13(10-4-2-1-3-5-10)14(17)18-12-8-6-11(16)7-9-12;1-6-4-2-3-5-6/h1-9,13H;2-5H2,1H3/t13-;/m1./s1. The first kappa shape index (κ1) is 18.2. The van der Waals surface area contributed by atoms with Crippen LogP contribution in [0.1, 0.15) is 24.2 Å². The Balaban J connectivity index is 0.000000292. The van der Waals surface area contributed by atoms with E-state index in [2.05, 4.69) is 11.9 Å². The van der Waals surface area contributed by atoms with E-state index in [1.54, 1.807) is 24.3 Å². The van der Waals surface area contributed by atoms with Crippen molar-refractivity contribution in [1.82, 2.24) is 4.90 Å². The van der Waals surface area contributed by atoms with E-state index in [0.717, 1.165) is 0 Å². The molecule has 24 heavy (non-hydrogen) atoms. The SMILES string of the molecule is CN1CCCC1.[B][C@@H](C(=O)Oc1ccc(F)cc1)c1ccccc1. The molecule has 124 valence electrons. The van der Waals surface area contributed by atoms with Gasteiger partial charge in [0.1, 0.15) is 11.6 Å².